The van der Waals surface area contributed by atoms with Crippen molar-refractivity contribution < 1.29 is 4.39 Å². The molecular weight excluding hydrogens is 263 g/mol. The Labute approximate surface area is 128 Å². The third kappa shape index (κ3) is 4.50. The minimum Gasteiger partial charge on any atom is -0.312 e. The molecule has 2 rings (SSSR count). The molecule has 1 aliphatic rings. The van der Waals surface area contributed by atoms with Gasteiger partial charge >= 0.3 is 0 Å². The largest absolute Gasteiger partial charge is 0.312 e. The Morgan fingerprint density at radius 2 is 2.10 bits per heavy atom. The van der Waals surface area contributed by atoms with Gasteiger partial charge in [0.05, 0.1) is 6.20 Å². The van der Waals surface area contributed by atoms with E-state index in [0.29, 0.717) is 11.8 Å². The molecular formula is C18H29FN2. The van der Waals surface area contributed by atoms with Crippen LogP contribution in [0.1, 0.15) is 64.9 Å². The van der Waals surface area contributed by atoms with E-state index in [4.69, 9.17) is 0 Å². The first kappa shape index (κ1) is 16.4. The van der Waals surface area contributed by atoms with Crippen molar-refractivity contribution in [2.45, 2.75) is 64.8 Å². The molecule has 3 heteroatoms. The van der Waals surface area contributed by atoms with Crippen LogP contribution >= 0.6 is 0 Å². The number of nitrogens with zero attached hydrogens (tertiary/aromatic N) is 1. The molecule has 0 spiro atoms. The highest BCUT2D eigenvalue weighted by Crippen LogP contribution is 2.42. The van der Waals surface area contributed by atoms with Gasteiger partial charge in [0, 0.05) is 11.7 Å². The summed E-state index contributed by atoms with van der Waals surface area (Å²) in [5.74, 6) is 1.43. The van der Waals surface area contributed by atoms with Gasteiger partial charge in [-0.25, -0.2) is 4.39 Å². The summed E-state index contributed by atoms with van der Waals surface area (Å²) in [5.41, 5.74) is 0.979. The van der Waals surface area contributed by atoms with E-state index in [1.54, 1.807) is 6.20 Å². The molecule has 0 radical (unpaired) electrons. The van der Waals surface area contributed by atoms with Crippen LogP contribution in [0.15, 0.2) is 18.5 Å². The topological polar surface area (TPSA) is 24.9 Å². The molecule has 1 fully saturated rings. The van der Waals surface area contributed by atoms with Crippen LogP contribution in [0, 0.1) is 17.7 Å². The number of nitrogens with one attached hydrogen (secondary N) is 1. The average Bonchev–Trinajstić information content (AvgIpc) is 2.45. The molecule has 1 aromatic heterocycles. The van der Waals surface area contributed by atoms with Crippen molar-refractivity contribution in [3.63, 3.8) is 0 Å². The van der Waals surface area contributed by atoms with Gasteiger partial charge in [-0.2, -0.15) is 0 Å². The second kappa shape index (κ2) is 6.87. The second-order valence-electron chi connectivity index (χ2n) is 7.48. The third-order valence-corrected chi connectivity index (χ3v) is 4.78. The first-order chi connectivity index (χ1) is 9.90. The van der Waals surface area contributed by atoms with Crippen molar-refractivity contribution in [1.82, 2.24) is 10.3 Å². The normalized spacial score (nSPS) is 26.8. The lowest BCUT2D eigenvalue weighted by Gasteiger charge is -2.38. The standard InChI is InChI=1S/C18H29FN2/c1-5-13-6-7-14(11-21-18(2,3)4)16(10-13)15-8-9-20-12-17(15)19/h8-9,12-14,16,21H,5-7,10-11H2,1-4H3. The van der Waals surface area contributed by atoms with Gasteiger partial charge in [0.1, 0.15) is 5.82 Å². The van der Waals surface area contributed by atoms with Crippen LogP contribution < -0.4 is 5.32 Å². The van der Waals surface area contributed by atoms with Crippen molar-refractivity contribution in [2.75, 3.05) is 6.54 Å². The molecule has 3 atom stereocenters. The lowest BCUT2D eigenvalue weighted by molar-refractivity contribution is 0.210. The summed E-state index contributed by atoms with van der Waals surface area (Å²) in [6, 6.07) is 1.88. The predicted molar refractivity (Wildman–Crippen MR) is 85.8 cm³/mol. The van der Waals surface area contributed by atoms with Gasteiger partial charge in [0.15, 0.2) is 0 Å². The zero-order valence-electron chi connectivity index (χ0n) is 13.8. The molecule has 0 aliphatic heterocycles. The Balaban J connectivity index is 2.16. The van der Waals surface area contributed by atoms with Crippen LogP contribution in [-0.2, 0) is 0 Å². The summed E-state index contributed by atoms with van der Waals surface area (Å²) in [6.45, 7) is 9.77. The highest BCUT2D eigenvalue weighted by Gasteiger charge is 2.32. The van der Waals surface area contributed by atoms with Gasteiger partial charge in [0.2, 0.25) is 0 Å². The molecule has 1 aromatic rings. The fourth-order valence-corrected chi connectivity index (χ4v) is 3.44. The summed E-state index contributed by atoms with van der Waals surface area (Å²) in [7, 11) is 0. The molecule has 0 amide bonds. The molecule has 118 valence electrons. The van der Waals surface area contributed by atoms with E-state index >= 15 is 0 Å². The van der Waals surface area contributed by atoms with Crippen molar-refractivity contribution >= 4 is 0 Å². The van der Waals surface area contributed by atoms with Crippen LogP contribution in [0.3, 0.4) is 0 Å². The van der Waals surface area contributed by atoms with Gasteiger partial charge in [-0.3, -0.25) is 4.98 Å². The van der Waals surface area contributed by atoms with Crippen molar-refractivity contribution in [1.29, 1.82) is 0 Å². The first-order valence-electron chi connectivity index (χ1n) is 8.25. The second-order valence-corrected chi connectivity index (χ2v) is 7.48. The number of halogens is 1. The van der Waals surface area contributed by atoms with E-state index in [0.717, 1.165) is 24.4 Å². The molecule has 0 bridgehead atoms. The Morgan fingerprint density at radius 3 is 2.71 bits per heavy atom. The van der Waals surface area contributed by atoms with E-state index < -0.39 is 0 Å². The Morgan fingerprint density at radius 1 is 1.33 bits per heavy atom. The van der Waals surface area contributed by atoms with Crippen molar-refractivity contribution in [3.05, 3.63) is 29.8 Å². The molecule has 1 N–H and O–H groups in total. The zero-order valence-corrected chi connectivity index (χ0v) is 13.8. The van der Waals surface area contributed by atoms with E-state index in [1.807, 2.05) is 6.07 Å². The molecule has 21 heavy (non-hydrogen) atoms. The van der Waals surface area contributed by atoms with Gasteiger partial charge in [-0.1, -0.05) is 19.8 Å². The maximum Gasteiger partial charge on any atom is 0.144 e. The van der Waals surface area contributed by atoms with E-state index in [2.05, 4.69) is 38.0 Å². The van der Waals surface area contributed by atoms with Crippen LogP contribution in [0.5, 0.6) is 0 Å². The fraction of sp³-hybridized carbons (Fsp3) is 0.722. The lowest BCUT2D eigenvalue weighted by atomic mass is 9.70. The number of aromatic nitrogens is 1. The number of rotatable bonds is 4. The maximum absolute atomic E-state index is 14.2. The molecule has 1 heterocycles. The van der Waals surface area contributed by atoms with E-state index in [9.17, 15) is 4.39 Å². The molecule has 2 nitrogen and oxygen atoms in total. The van der Waals surface area contributed by atoms with Gasteiger partial charge in [-0.05, 0) is 69.5 Å². The lowest BCUT2D eigenvalue weighted by Crippen LogP contribution is -2.41. The van der Waals surface area contributed by atoms with E-state index in [1.165, 1.54) is 25.5 Å². The van der Waals surface area contributed by atoms with E-state index in [-0.39, 0.29) is 11.4 Å². The highest BCUT2D eigenvalue weighted by atomic mass is 19.1. The van der Waals surface area contributed by atoms with Gasteiger partial charge in [0.25, 0.3) is 0 Å². The number of hydrogen-bond acceptors (Lipinski definition) is 2. The summed E-state index contributed by atoms with van der Waals surface area (Å²) in [4.78, 5) is 3.90. The van der Waals surface area contributed by atoms with Crippen LogP contribution in [-0.4, -0.2) is 17.1 Å². The predicted octanol–water partition coefficient (Wildman–Crippen LogP) is 4.52. The SMILES string of the molecule is CCC1CCC(CNC(C)(C)C)C(c2ccncc2F)C1. The summed E-state index contributed by atoms with van der Waals surface area (Å²) in [6.07, 6.45) is 7.85. The molecule has 1 saturated carbocycles. The third-order valence-electron chi connectivity index (χ3n) is 4.78. The van der Waals surface area contributed by atoms with Gasteiger partial charge in [-0.15, -0.1) is 0 Å². The summed E-state index contributed by atoms with van der Waals surface area (Å²) in [5, 5.41) is 3.61. The zero-order chi connectivity index (χ0) is 15.5. The first-order valence-corrected chi connectivity index (χ1v) is 8.25. The molecule has 1 aliphatic carbocycles. The summed E-state index contributed by atoms with van der Waals surface area (Å²) >= 11 is 0. The monoisotopic (exact) mass is 292 g/mol. The molecule has 0 saturated heterocycles. The molecule has 0 aromatic carbocycles. The minimum atomic E-state index is -0.139. The number of pyridine rings is 1. The minimum absolute atomic E-state index is 0.114. The van der Waals surface area contributed by atoms with Crippen LogP contribution in [0.25, 0.3) is 0 Å². The van der Waals surface area contributed by atoms with Crippen LogP contribution in [0.4, 0.5) is 4.39 Å². The molecule has 3 unspecified atom stereocenters. The Hall–Kier alpha value is -0.960. The highest BCUT2D eigenvalue weighted by molar-refractivity contribution is 5.20. The number of hydrogen-bond donors (Lipinski definition) is 1. The van der Waals surface area contributed by atoms with Crippen molar-refractivity contribution in [2.24, 2.45) is 11.8 Å². The summed E-state index contributed by atoms with van der Waals surface area (Å²) < 4.78 is 14.2. The Bertz CT molecular complexity index is 453. The Kier molecular flexibility index (Phi) is 5.37. The smallest absolute Gasteiger partial charge is 0.144 e. The van der Waals surface area contributed by atoms with Gasteiger partial charge < -0.3 is 5.32 Å². The quantitative estimate of drug-likeness (QED) is 0.882. The van der Waals surface area contributed by atoms with Crippen LogP contribution in [0.2, 0.25) is 0 Å². The average molecular weight is 292 g/mol. The maximum atomic E-state index is 14.2. The van der Waals surface area contributed by atoms with Crippen molar-refractivity contribution in [3.8, 4) is 0 Å². The fourth-order valence-electron chi connectivity index (χ4n) is 3.44.